The van der Waals surface area contributed by atoms with Crippen molar-refractivity contribution in [2.24, 2.45) is 0 Å². The molecule has 0 aliphatic carbocycles. The lowest BCUT2D eigenvalue weighted by Gasteiger charge is -2.35. The molecule has 6 nitrogen and oxygen atoms in total. The van der Waals surface area contributed by atoms with Crippen LogP contribution in [-0.4, -0.2) is 47.2 Å². The Morgan fingerprint density at radius 3 is 2.34 bits per heavy atom. The number of hydrogen-bond donors (Lipinski definition) is 0. The Bertz CT molecular complexity index is 973. The second kappa shape index (κ2) is 8.45. The number of carbonyl (C=O) groups is 1. The number of anilines is 1. The van der Waals surface area contributed by atoms with E-state index in [0.717, 1.165) is 0 Å². The summed E-state index contributed by atoms with van der Waals surface area (Å²) in [4.78, 5) is 16.3. The summed E-state index contributed by atoms with van der Waals surface area (Å²) in [7, 11) is 0. The van der Waals surface area contributed by atoms with Crippen molar-refractivity contribution in [1.82, 2.24) is 15.1 Å². The van der Waals surface area contributed by atoms with Gasteiger partial charge in [0.25, 0.3) is 5.91 Å². The van der Waals surface area contributed by atoms with Gasteiger partial charge in [-0.25, -0.2) is 4.39 Å². The molecular formula is C21H18ClFN4O2. The van der Waals surface area contributed by atoms with Crippen molar-refractivity contribution in [2.75, 3.05) is 31.1 Å². The van der Waals surface area contributed by atoms with Gasteiger partial charge in [0.2, 0.25) is 5.88 Å². The first-order valence-corrected chi connectivity index (χ1v) is 9.54. The van der Waals surface area contributed by atoms with Gasteiger partial charge in [0.05, 0.1) is 10.6 Å². The maximum atomic E-state index is 14.0. The third-order valence-corrected chi connectivity index (χ3v) is 4.97. The van der Waals surface area contributed by atoms with E-state index in [9.17, 15) is 9.18 Å². The molecule has 1 fully saturated rings. The van der Waals surface area contributed by atoms with Crippen LogP contribution in [0.4, 0.5) is 10.2 Å². The maximum absolute atomic E-state index is 14.0. The van der Waals surface area contributed by atoms with Gasteiger partial charge in [-0.1, -0.05) is 35.9 Å². The van der Waals surface area contributed by atoms with E-state index in [1.165, 1.54) is 18.2 Å². The fraction of sp³-hybridized carbons (Fsp3) is 0.190. The zero-order chi connectivity index (χ0) is 20.2. The van der Waals surface area contributed by atoms with E-state index < -0.39 is 11.7 Å². The van der Waals surface area contributed by atoms with Crippen LogP contribution in [0.3, 0.4) is 0 Å². The number of carbonyl (C=O) groups excluding carboxylic acids is 1. The van der Waals surface area contributed by atoms with Crippen LogP contribution in [0, 0.1) is 5.82 Å². The zero-order valence-corrected chi connectivity index (χ0v) is 16.2. The van der Waals surface area contributed by atoms with E-state index in [-0.39, 0.29) is 10.6 Å². The monoisotopic (exact) mass is 412 g/mol. The molecule has 0 bridgehead atoms. The molecule has 1 amide bonds. The lowest BCUT2D eigenvalue weighted by molar-refractivity contribution is 0.0742. The van der Waals surface area contributed by atoms with Crippen molar-refractivity contribution in [3.05, 3.63) is 77.1 Å². The Labute approximate surface area is 172 Å². The first kappa shape index (κ1) is 19.1. The molecule has 2 aromatic carbocycles. The first-order chi connectivity index (χ1) is 14.1. The van der Waals surface area contributed by atoms with Gasteiger partial charge >= 0.3 is 0 Å². The van der Waals surface area contributed by atoms with Crippen molar-refractivity contribution in [1.29, 1.82) is 0 Å². The molecule has 0 saturated carbocycles. The molecule has 0 N–H and O–H groups in total. The summed E-state index contributed by atoms with van der Waals surface area (Å²) in [5.41, 5.74) is -0.0789. The van der Waals surface area contributed by atoms with Crippen molar-refractivity contribution in [3.63, 3.8) is 0 Å². The lowest BCUT2D eigenvalue weighted by Crippen LogP contribution is -2.49. The minimum absolute atomic E-state index is 0.0789. The Morgan fingerprint density at radius 2 is 1.69 bits per heavy atom. The zero-order valence-electron chi connectivity index (χ0n) is 15.5. The first-order valence-electron chi connectivity index (χ1n) is 9.17. The summed E-state index contributed by atoms with van der Waals surface area (Å²) in [5, 5.41) is 8.46. The summed E-state index contributed by atoms with van der Waals surface area (Å²) in [6.45, 7) is 2.00. The van der Waals surface area contributed by atoms with E-state index in [1.807, 2.05) is 41.3 Å². The predicted molar refractivity (Wildman–Crippen MR) is 108 cm³/mol. The number of halogens is 2. The van der Waals surface area contributed by atoms with Gasteiger partial charge in [-0.2, -0.15) is 0 Å². The normalized spacial score (nSPS) is 14.0. The van der Waals surface area contributed by atoms with Crippen molar-refractivity contribution in [3.8, 4) is 11.6 Å². The second-order valence-electron chi connectivity index (χ2n) is 6.52. The van der Waals surface area contributed by atoms with E-state index in [1.54, 1.807) is 11.0 Å². The highest BCUT2D eigenvalue weighted by Crippen LogP contribution is 2.23. The summed E-state index contributed by atoms with van der Waals surface area (Å²) in [5.74, 6) is 0.785. The quantitative estimate of drug-likeness (QED) is 0.647. The molecule has 29 heavy (non-hydrogen) atoms. The number of amides is 1. The van der Waals surface area contributed by atoms with Gasteiger partial charge in [0.15, 0.2) is 5.82 Å². The predicted octanol–water partition coefficient (Wildman–Crippen LogP) is 4.02. The van der Waals surface area contributed by atoms with Gasteiger partial charge in [-0.15, -0.1) is 10.2 Å². The molecular weight excluding hydrogens is 395 g/mol. The highest BCUT2D eigenvalue weighted by atomic mass is 35.5. The molecule has 1 aliphatic rings. The van der Waals surface area contributed by atoms with Crippen molar-refractivity contribution < 1.29 is 13.9 Å². The largest absolute Gasteiger partial charge is 0.438 e. The standard InChI is InChI=1S/C21H18ClFN4O2/c22-16-7-4-8-17(23)20(16)21(28)27-13-11-26(12-14-27)18-9-10-19(25-24-18)29-15-5-2-1-3-6-15/h1-10H,11-14H2. The minimum Gasteiger partial charge on any atom is -0.438 e. The third-order valence-electron chi connectivity index (χ3n) is 4.66. The van der Waals surface area contributed by atoms with Crippen molar-refractivity contribution in [2.45, 2.75) is 0 Å². The smallest absolute Gasteiger partial charge is 0.258 e. The molecule has 1 aliphatic heterocycles. The Balaban J connectivity index is 1.37. The molecule has 148 valence electrons. The number of aromatic nitrogens is 2. The summed E-state index contributed by atoms with van der Waals surface area (Å²) in [6, 6.07) is 17.2. The SMILES string of the molecule is O=C(c1c(F)cccc1Cl)N1CCN(c2ccc(Oc3ccccc3)nn2)CC1. The van der Waals surface area contributed by atoms with Crippen LogP contribution < -0.4 is 9.64 Å². The molecule has 0 unspecified atom stereocenters. The average molecular weight is 413 g/mol. The number of hydrogen-bond acceptors (Lipinski definition) is 5. The van der Waals surface area contributed by atoms with Crippen LogP contribution in [0.2, 0.25) is 5.02 Å². The van der Waals surface area contributed by atoms with Crippen molar-refractivity contribution >= 4 is 23.3 Å². The Morgan fingerprint density at radius 1 is 0.931 bits per heavy atom. The number of benzene rings is 2. The van der Waals surface area contributed by atoms with Gasteiger partial charge in [-0.3, -0.25) is 4.79 Å². The number of nitrogens with zero attached hydrogens (tertiary/aromatic N) is 4. The molecule has 3 aromatic rings. The fourth-order valence-electron chi connectivity index (χ4n) is 3.14. The van der Waals surface area contributed by atoms with E-state index in [0.29, 0.717) is 43.6 Å². The number of rotatable bonds is 4. The van der Waals surface area contributed by atoms with Crippen LogP contribution in [0.1, 0.15) is 10.4 Å². The van der Waals surface area contributed by atoms with Gasteiger partial charge in [-0.05, 0) is 30.3 Å². The van der Waals surface area contributed by atoms with Gasteiger partial charge < -0.3 is 14.5 Å². The molecule has 0 atom stereocenters. The van der Waals surface area contributed by atoms with Crippen LogP contribution in [0.25, 0.3) is 0 Å². The van der Waals surface area contributed by atoms with Crippen LogP contribution in [-0.2, 0) is 0 Å². The average Bonchev–Trinajstić information content (AvgIpc) is 2.75. The summed E-state index contributed by atoms with van der Waals surface area (Å²) < 4.78 is 19.7. The number of piperazine rings is 1. The minimum atomic E-state index is -0.607. The lowest BCUT2D eigenvalue weighted by atomic mass is 10.1. The second-order valence-corrected chi connectivity index (χ2v) is 6.93. The highest BCUT2D eigenvalue weighted by molar-refractivity contribution is 6.33. The molecule has 1 saturated heterocycles. The highest BCUT2D eigenvalue weighted by Gasteiger charge is 2.26. The topological polar surface area (TPSA) is 58.6 Å². The van der Waals surface area contributed by atoms with Gasteiger partial charge in [0.1, 0.15) is 11.6 Å². The molecule has 0 radical (unpaired) electrons. The summed E-state index contributed by atoms with van der Waals surface area (Å²) >= 11 is 6.01. The van der Waals surface area contributed by atoms with Crippen LogP contribution in [0.5, 0.6) is 11.6 Å². The van der Waals surface area contributed by atoms with E-state index in [4.69, 9.17) is 16.3 Å². The third kappa shape index (κ3) is 4.30. The summed E-state index contributed by atoms with van der Waals surface area (Å²) in [6.07, 6.45) is 0. The Kier molecular flexibility index (Phi) is 5.57. The Hall–Kier alpha value is -3.19. The van der Waals surface area contributed by atoms with Crippen LogP contribution >= 0.6 is 11.6 Å². The van der Waals surface area contributed by atoms with Crippen LogP contribution in [0.15, 0.2) is 60.7 Å². The molecule has 4 rings (SSSR count). The molecule has 8 heteroatoms. The molecule has 2 heterocycles. The molecule has 0 spiro atoms. The maximum Gasteiger partial charge on any atom is 0.258 e. The molecule has 1 aromatic heterocycles. The number of ether oxygens (including phenoxy) is 1. The van der Waals surface area contributed by atoms with Gasteiger partial charge in [0, 0.05) is 32.2 Å². The number of para-hydroxylation sites is 1. The van der Waals surface area contributed by atoms with E-state index >= 15 is 0 Å². The van der Waals surface area contributed by atoms with E-state index in [2.05, 4.69) is 10.2 Å². The fourth-order valence-corrected chi connectivity index (χ4v) is 3.39.